The van der Waals surface area contributed by atoms with E-state index in [1.54, 1.807) is 21.9 Å². The van der Waals surface area contributed by atoms with Crippen molar-refractivity contribution in [2.75, 3.05) is 22.2 Å². The van der Waals surface area contributed by atoms with Crippen molar-refractivity contribution in [2.24, 2.45) is 0 Å². The molecule has 0 bridgehead atoms. The van der Waals surface area contributed by atoms with Crippen LogP contribution in [0.1, 0.15) is 24.5 Å². The fraction of sp³-hybridized carbons (Fsp3) is 0.231. The predicted octanol–water partition coefficient (Wildman–Crippen LogP) is 5.09. The zero-order valence-electron chi connectivity index (χ0n) is 18.2. The number of rotatable bonds is 6. The molecule has 168 valence electrons. The van der Waals surface area contributed by atoms with Crippen LogP contribution in [0.5, 0.6) is 5.75 Å². The summed E-state index contributed by atoms with van der Waals surface area (Å²) in [5.41, 5.74) is 3.02. The second-order valence-corrected chi connectivity index (χ2v) is 9.21. The molecule has 0 N–H and O–H groups in total. The van der Waals surface area contributed by atoms with Gasteiger partial charge >= 0.3 is 0 Å². The zero-order valence-corrected chi connectivity index (χ0v) is 19.0. The van der Waals surface area contributed by atoms with E-state index in [-0.39, 0.29) is 23.4 Å². The summed E-state index contributed by atoms with van der Waals surface area (Å²) in [5.74, 6) is 0.325. The normalized spacial score (nSPS) is 19.5. The van der Waals surface area contributed by atoms with Crippen molar-refractivity contribution in [3.63, 3.8) is 0 Å². The Bertz CT molecular complexity index is 1200. The van der Waals surface area contributed by atoms with Crippen molar-refractivity contribution >= 4 is 35.0 Å². The van der Waals surface area contributed by atoms with Crippen molar-refractivity contribution in [3.05, 3.63) is 89.7 Å². The summed E-state index contributed by atoms with van der Waals surface area (Å²) >= 11 is 1.34. The van der Waals surface area contributed by atoms with Crippen molar-refractivity contribution in [1.82, 2.24) is 0 Å². The minimum atomic E-state index is -1.17. The van der Waals surface area contributed by atoms with Crippen LogP contribution in [0.25, 0.3) is 0 Å². The van der Waals surface area contributed by atoms with Gasteiger partial charge in [0.05, 0.1) is 24.6 Å². The summed E-state index contributed by atoms with van der Waals surface area (Å²) < 4.78 is 19.1. The lowest BCUT2D eigenvalue weighted by atomic mass is 10.0. The smallest absolute Gasteiger partial charge is 0.269 e. The van der Waals surface area contributed by atoms with Crippen LogP contribution in [0.3, 0.4) is 0 Å². The summed E-state index contributed by atoms with van der Waals surface area (Å²) in [6, 6.07) is 21.0. The molecule has 0 unspecified atom stereocenters. The first-order valence-electron chi connectivity index (χ1n) is 10.9. The maximum Gasteiger partial charge on any atom is 0.269 e. The van der Waals surface area contributed by atoms with E-state index < -0.39 is 4.87 Å². The molecule has 2 aliphatic heterocycles. The van der Waals surface area contributed by atoms with E-state index in [1.807, 2.05) is 55.5 Å². The number of hydrogen-bond donors (Lipinski definition) is 0. The van der Waals surface area contributed by atoms with Crippen LogP contribution < -0.4 is 14.5 Å². The fourth-order valence-electron chi connectivity index (χ4n) is 4.40. The molecule has 3 aromatic carbocycles. The highest BCUT2D eigenvalue weighted by Crippen LogP contribution is 2.56. The minimum absolute atomic E-state index is 0.117. The molecule has 1 spiro atoms. The van der Waals surface area contributed by atoms with E-state index in [4.69, 9.17) is 4.74 Å². The minimum Gasteiger partial charge on any atom is -0.494 e. The molecule has 0 aromatic heterocycles. The number of ether oxygens (including phenoxy) is 1. The maximum absolute atomic E-state index is 14.0. The van der Waals surface area contributed by atoms with Gasteiger partial charge in [0.1, 0.15) is 11.6 Å². The van der Waals surface area contributed by atoms with E-state index in [9.17, 15) is 14.0 Å². The number of thioether (sulfide) groups is 1. The molecule has 1 fully saturated rings. The molecule has 1 saturated heterocycles. The number of benzene rings is 3. The first kappa shape index (κ1) is 21.5. The number of nitrogens with zero attached hydrogens (tertiary/aromatic N) is 2. The van der Waals surface area contributed by atoms with Gasteiger partial charge in [0, 0.05) is 11.3 Å². The van der Waals surface area contributed by atoms with Crippen molar-refractivity contribution in [3.8, 4) is 5.75 Å². The number of halogens is 1. The van der Waals surface area contributed by atoms with E-state index in [1.165, 1.54) is 23.9 Å². The van der Waals surface area contributed by atoms with Crippen LogP contribution >= 0.6 is 11.8 Å². The molecule has 5 nitrogen and oxygen atoms in total. The molecular formula is C26H23FN2O3S. The first-order chi connectivity index (χ1) is 16.0. The zero-order chi connectivity index (χ0) is 23.0. The third-order valence-corrected chi connectivity index (χ3v) is 7.27. The van der Waals surface area contributed by atoms with Crippen LogP contribution in [-0.4, -0.2) is 24.2 Å². The van der Waals surface area contributed by atoms with Gasteiger partial charge in [0.25, 0.3) is 5.91 Å². The van der Waals surface area contributed by atoms with Gasteiger partial charge in [-0.25, -0.2) is 4.39 Å². The largest absolute Gasteiger partial charge is 0.494 e. The third-order valence-electron chi connectivity index (χ3n) is 5.89. The topological polar surface area (TPSA) is 49.9 Å². The van der Waals surface area contributed by atoms with Gasteiger partial charge in [0.15, 0.2) is 0 Å². The lowest BCUT2D eigenvalue weighted by Crippen LogP contribution is -2.49. The van der Waals surface area contributed by atoms with Crippen molar-refractivity contribution < 1.29 is 18.7 Å². The predicted molar refractivity (Wildman–Crippen MR) is 128 cm³/mol. The summed E-state index contributed by atoms with van der Waals surface area (Å²) in [7, 11) is 0. The van der Waals surface area contributed by atoms with Gasteiger partial charge < -0.3 is 9.64 Å². The molecule has 0 saturated carbocycles. The van der Waals surface area contributed by atoms with E-state index in [0.29, 0.717) is 18.8 Å². The van der Waals surface area contributed by atoms with E-state index in [0.717, 1.165) is 29.0 Å². The van der Waals surface area contributed by atoms with Crippen molar-refractivity contribution in [2.45, 2.75) is 24.8 Å². The molecule has 0 radical (unpaired) electrons. The Morgan fingerprint density at radius 3 is 2.45 bits per heavy atom. The average Bonchev–Trinajstić information content (AvgIpc) is 3.30. The number of hydrogen-bond acceptors (Lipinski definition) is 4. The van der Waals surface area contributed by atoms with Crippen LogP contribution in [0.15, 0.2) is 72.8 Å². The Labute approximate surface area is 196 Å². The molecule has 1 atom stereocenters. The SMILES string of the molecule is CCCOc1ccc(N2C(=O)CS[C@]23C(=O)N(Cc2ccc(F)cc2)c2ccccc23)cc1. The molecular weight excluding hydrogens is 439 g/mol. The monoisotopic (exact) mass is 462 g/mol. The lowest BCUT2D eigenvalue weighted by Gasteiger charge is -2.33. The van der Waals surface area contributed by atoms with Crippen LogP contribution in [0.4, 0.5) is 15.8 Å². The second kappa shape index (κ2) is 8.56. The van der Waals surface area contributed by atoms with Gasteiger partial charge in [-0.05, 0) is 54.4 Å². The molecule has 2 aliphatic rings. The van der Waals surface area contributed by atoms with Gasteiger partial charge in [-0.1, -0.05) is 37.3 Å². The Morgan fingerprint density at radius 2 is 1.73 bits per heavy atom. The lowest BCUT2D eigenvalue weighted by molar-refractivity contribution is -0.123. The summed E-state index contributed by atoms with van der Waals surface area (Å²) in [6.07, 6.45) is 0.904. The average molecular weight is 463 g/mol. The van der Waals surface area contributed by atoms with Crippen molar-refractivity contribution in [1.29, 1.82) is 0 Å². The van der Waals surface area contributed by atoms with Gasteiger partial charge in [0.2, 0.25) is 10.8 Å². The Balaban J connectivity index is 1.55. The highest BCUT2D eigenvalue weighted by atomic mass is 32.2. The first-order valence-corrected chi connectivity index (χ1v) is 11.9. The van der Waals surface area contributed by atoms with Crippen LogP contribution in [0, 0.1) is 5.82 Å². The van der Waals surface area contributed by atoms with E-state index >= 15 is 0 Å². The summed E-state index contributed by atoms with van der Waals surface area (Å²) in [6.45, 7) is 2.95. The number of fused-ring (bicyclic) bond motifs is 2. The van der Waals surface area contributed by atoms with Crippen LogP contribution in [-0.2, 0) is 21.0 Å². The second-order valence-electron chi connectivity index (χ2n) is 8.04. The Kier molecular flexibility index (Phi) is 5.58. The molecule has 33 heavy (non-hydrogen) atoms. The molecule has 2 amide bonds. The summed E-state index contributed by atoms with van der Waals surface area (Å²) in [5, 5.41) is 0. The number of anilines is 2. The highest BCUT2D eigenvalue weighted by Gasteiger charge is 2.60. The molecule has 3 aromatic rings. The van der Waals surface area contributed by atoms with Gasteiger partial charge in [-0.2, -0.15) is 0 Å². The quantitative estimate of drug-likeness (QED) is 0.512. The third kappa shape index (κ3) is 3.56. The van der Waals surface area contributed by atoms with E-state index in [2.05, 4.69) is 0 Å². The Hall–Kier alpha value is -3.32. The maximum atomic E-state index is 14.0. The fourth-order valence-corrected chi connectivity index (χ4v) is 5.76. The molecule has 0 aliphatic carbocycles. The number of carbonyl (C=O) groups is 2. The van der Waals surface area contributed by atoms with Gasteiger partial charge in [-0.15, -0.1) is 11.8 Å². The standard InChI is InChI=1S/C26H23FN2O3S/c1-2-15-32-21-13-11-20(12-14-21)29-24(30)17-33-26(29)22-5-3-4-6-23(22)28(25(26)31)16-18-7-9-19(27)10-8-18/h3-14H,2,15-17H2,1H3/t26-/m1/s1. The number of para-hydroxylation sites is 1. The van der Waals surface area contributed by atoms with Crippen LogP contribution in [0.2, 0.25) is 0 Å². The molecule has 5 rings (SSSR count). The number of amides is 2. The molecule has 2 heterocycles. The number of carbonyl (C=O) groups excluding carboxylic acids is 2. The Morgan fingerprint density at radius 1 is 1.00 bits per heavy atom. The van der Waals surface area contributed by atoms with Gasteiger partial charge in [-0.3, -0.25) is 14.5 Å². The summed E-state index contributed by atoms with van der Waals surface area (Å²) in [4.78, 5) is 29.3. The highest BCUT2D eigenvalue weighted by molar-refractivity contribution is 8.02. The molecule has 7 heteroatoms.